The second kappa shape index (κ2) is 18.6. The number of likely N-dealkylation sites (tertiary alicyclic amines) is 1. The van der Waals surface area contributed by atoms with Crippen molar-refractivity contribution in [2.75, 3.05) is 70.9 Å². The van der Waals surface area contributed by atoms with Crippen LogP contribution < -0.4 is 15.0 Å². The van der Waals surface area contributed by atoms with E-state index in [9.17, 15) is 20.1 Å². The normalized spacial score (nSPS) is 22.3. The number of nitrogens with zero attached hydrogens (tertiary/aromatic N) is 8. The Morgan fingerprint density at radius 1 is 0.870 bits per heavy atom. The minimum atomic E-state index is -0.563. The van der Waals surface area contributed by atoms with Crippen molar-refractivity contribution < 1.29 is 29.2 Å². The van der Waals surface area contributed by atoms with Crippen LogP contribution in [0, 0.1) is 11.7 Å². The van der Waals surface area contributed by atoms with Crippen LogP contribution in [0.1, 0.15) is 78.1 Å². The van der Waals surface area contributed by atoms with Crippen molar-refractivity contribution in [3.05, 3.63) is 107 Å². The monoisotopic (exact) mass is 935 g/mol. The van der Waals surface area contributed by atoms with Crippen molar-refractivity contribution in [2.45, 2.75) is 83.2 Å². The fourth-order valence-electron chi connectivity index (χ4n) is 11.7. The number of halogens is 1. The number of amides is 1. The van der Waals surface area contributed by atoms with Gasteiger partial charge < -0.3 is 40.1 Å². The Balaban J connectivity index is 0.722. The number of piperidine rings is 1. The summed E-state index contributed by atoms with van der Waals surface area (Å²) in [5.41, 5.74) is 5.15. The molecule has 5 aliphatic rings. The highest BCUT2D eigenvalue weighted by molar-refractivity contribution is 6.00. The Hall–Kier alpha value is -6.13. The highest BCUT2D eigenvalue weighted by Gasteiger charge is 2.35. The number of aromatic nitrogens is 3. The number of phenolic OH excluding ortho intramolecular Hbond substituents is 3. The molecule has 2 aromatic heterocycles. The van der Waals surface area contributed by atoms with Crippen molar-refractivity contribution in [3.8, 4) is 34.5 Å². The zero-order chi connectivity index (χ0) is 47.5. The number of rotatable bonds is 11. The van der Waals surface area contributed by atoms with Gasteiger partial charge in [0, 0.05) is 108 Å². The molecule has 4 atom stereocenters. The van der Waals surface area contributed by atoms with Gasteiger partial charge in [-0.1, -0.05) is 62.7 Å². The number of carbonyl (C=O) groups is 1. The zero-order valence-corrected chi connectivity index (χ0v) is 39.7. The average Bonchev–Trinajstić information content (AvgIpc) is 3.92. The first kappa shape index (κ1) is 45.3. The van der Waals surface area contributed by atoms with Crippen LogP contribution in [0.25, 0.3) is 32.9 Å². The average molecular weight is 936 g/mol. The number of piperazine rings is 2. The van der Waals surface area contributed by atoms with Crippen LogP contribution in [-0.4, -0.2) is 140 Å². The number of nitrogens with one attached hydrogen (secondary N) is 1. The molecule has 7 heterocycles. The maximum atomic E-state index is 17.0. The van der Waals surface area contributed by atoms with E-state index in [1.807, 2.05) is 38.1 Å². The minimum absolute atomic E-state index is 0.00145. The van der Waals surface area contributed by atoms with Crippen molar-refractivity contribution in [3.63, 3.8) is 0 Å². The molecular weight excluding hydrogens is 874 g/mol. The summed E-state index contributed by atoms with van der Waals surface area (Å²) in [4.78, 5) is 39.5. The van der Waals surface area contributed by atoms with Gasteiger partial charge in [0.1, 0.15) is 40.9 Å². The minimum Gasteiger partial charge on any atom is -0.508 e. The van der Waals surface area contributed by atoms with Crippen LogP contribution in [-0.2, 0) is 19.6 Å². The number of hydrogen-bond acceptors (Lipinski definition) is 13. The number of ether oxygens (including phenoxy) is 1. The fourth-order valence-corrected chi connectivity index (χ4v) is 11.7. The molecule has 11 rings (SSSR count). The summed E-state index contributed by atoms with van der Waals surface area (Å²) in [7, 11) is 2.15. The Morgan fingerprint density at radius 2 is 1.64 bits per heavy atom. The van der Waals surface area contributed by atoms with Gasteiger partial charge in [-0.25, -0.2) is 4.39 Å². The van der Waals surface area contributed by atoms with Crippen LogP contribution in [0.15, 0.2) is 72.9 Å². The summed E-state index contributed by atoms with van der Waals surface area (Å²) < 4.78 is 23.5. The molecule has 4 aromatic carbocycles. The Bertz CT molecular complexity index is 2910. The molecular formula is C54H62FN9O5. The molecule has 69 heavy (non-hydrogen) atoms. The molecule has 0 radical (unpaired) electrons. The van der Waals surface area contributed by atoms with Gasteiger partial charge in [-0.15, -0.1) is 0 Å². The first-order valence-corrected chi connectivity index (χ1v) is 24.7. The lowest BCUT2D eigenvalue weighted by Crippen LogP contribution is -2.59. The number of carbonyl (C=O) groups excluding carboxylic acids is 1. The van der Waals surface area contributed by atoms with Gasteiger partial charge in [-0.2, -0.15) is 9.97 Å². The lowest BCUT2D eigenvalue weighted by atomic mass is 9.94. The molecule has 2 unspecified atom stereocenters. The number of hydrogen-bond donors (Lipinski definition) is 4. The van der Waals surface area contributed by atoms with Crippen LogP contribution in [0.4, 0.5) is 10.2 Å². The maximum absolute atomic E-state index is 17.0. The van der Waals surface area contributed by atoms with Crippen molar-refractivity contribution in [1.29, 1.82) is 0 Å². The van der Waals surface area contributed by atoms with E-state index < -0.39 is 5.82 Å². The SMILES string of the molecule is CC(C)c1cc(C(=O)N2Cc3ccc(CN4CCN(C[C@H]5C[C@@H](COc6nc(N7CC8CCCC(C7)N8)c7cnc(-c8cc(O)cc9ccccc89)c(F)c7n6)N(C)C5)CC4)cc3C2)c(O)cc1O. The van der Waals surface area contributed by atoms with Gasteiger partial charge in [0.2, 0.25) is 0 Å². The summed E-state index contributed by atoms with van der Waals surface area (Å²) >= 11 is 0. The zero-order valence-electron chi connectivity index (χ0n) is 39.7. The molecule has 1 amide bonds. The van der Waals surface area contributed by atoms with Gasteiger partial charge in [0.25, 0.3) is 5.91 Å². The number of fused-ring (bicyclic) bond motifs is 5. The van der Waals surface area contributed by atoms with E-state index in [2.05, 4.69) is 55.1 Å². The fraction of sp³-hybridized carbons (Fsp3) is 0.444. The van der Waals surface area contributed by atoms with E-state index in [0.717, 1.165) is 100 Å². The summed E-state index contributed by atoms with van der Waals surface area (Å²) in [6.45, 7) is 13.5. The molecule has 360 valence electrons. The summed E-state index contributed by atoms with van der Waals surface area (Å²) in [5, 5.41) is 37.4. The molecule has 15 heteroatoms. The third-order valence-electron chi connectivity index (χ3n) is 15.3. The second-order valence-corrected chi connectivity index (χ2v) is 20.6. The number of aromatic hydroxyl groups is 3. The third-order valence-corrected chi connectivity index (χ3v) is 15.3. The first-order valence-electron chi connectivity index (χ1n) is 24.7. The van der Waals surface area contributed by atoms with Crippen LogP contribution in [0.5, 0.6) is 23.3 Å². The van der Waals surface area contributed by atoms with E-state index in [0.29, 0.717) is 60.0 Å². The molecule has 2 bridgehead atoms. The lowest BCUT2D eigenvalue weighted by molar-refractivity contribution is 0.0748. The number of phenols is 3. The second-order valence-electron chi connectivity index (χ2n) is 20.6. The third kappa shape index (κ3) is 9.13. The number of pyridine rings is 1. The van der Waals surface area contributed by atoms with Crippen molar-refractivity contribution in [2.24, 2.45) is 5.92 Å². The number of anilines is 1. The van der Waals surface area contributed by atoms with Gasteiger partial charge >= 0.3 is 6.01 Å². The van der Waals surface area contributed by atoms with Crippen molar-refractivity contribution >= 4 is 33.4 Å². The summed E-state index contributed by atoms with van der Waals surface area (Å²) in [6, 6.07) is 21.3. The molecule has 0 aliphatic carbocycles. The standard InChI is InChI=1S/C54H62FN9O5/c1-32(2)43-21-45(48(67)22-47(43)66)53(68)64-27-36-12-11-33(17-37(36)28-64)25-61-13-15-62(16-14-61)26-34-18-40(60(3)24-34)31-69-54-58-51-46(52(59-54)63-29-38-8-6-9-39(30-63)57-38)23-56-50(49(51)55)44-20-41(65)19-35-7-4-5-10-42(35)44/h4-5,7,10-12,17,19-23,32,34,38-40,57,65-67H,6,8-9,13-16,18,24-31H2,1-3H3/t34-,38?,39?,40-/m0/s1. The van der Waals surface area contributed by atoms with Crippen LogP contribution in [0.3, 0.4) is 0 Å². The van der Waals surface area contributed by atoms with Gasteiger partial charge in [0.15, 0.2) is 5.82 Å². The highest BCUT2D eigenvalue weighted by Crippen LogP contribution is 2.39. The summed E-state index contributed by atoms with van der Waals surface area (Å²) in [6.07, 6.45) is 6.03. The summed E-state index contributed by atoms with van der Waals surface area (Å²) in [5.74, 6) is 0.186. The maximum Gasteiger partial charge on any atom is 0.319 e. The molecule has 5 aliphatic heterocycles. The molecule has 0 spiro atoms. The van der Waals surface area contributed by atoms with Crippen LogP contribution in [0.2, 0.25) is 0 Å². The number of likely N-dealkylation sites (N-methyl/N-ethyl adjacent to an activating group) is 1. The molecule has 4 saturated heterocycles. The Morgan fingerprint density at radius 3 is 2.43 bits per heavy atom. The number of benzene rings is 4. The Kier molecular flexibility index (Phi) is 12.2. The van der Waals surface area contributed by atoms with E-state index >= 15 is 4.39 Å². The molecule has 14 nitrogen and oxygen atoms in total. The lowest BCUT2D eigenvalue weighted by Gasteiger charge is -2.43. The van der Waals surface area contributed by atoms with Crippen molar-refractivity contribution in [1.82, 2.24) is 39.9 Å². The topological polar surface area (TPSA) is 154 Å². The predicted molar refractivity (Wildman–Crippen MR) is 264 cm³/mol. The van der Waals surface area contributed by atoms with E-state index in [1.165, 1.54) is 18.1 Å². The molecule has 4 N–H and O–H groups in total. The smallest absolute Gasteiger partial charge is 0.319 e. The molecule has 0 saturated carbocycles. The van der Waals surface area contributed by atoms with Gasteiger partial charge in [-0.05, 0) is 89.4 Å². The first-order chi connectivity index (χ1) is 33.4. The molecule has 6 aromatic rings. The largest absolute Gasteiger partial charge is 0.508 e. The van der Waals surface area contributed by atoms with E-state index in [1.54, 1.807) is 29.3 Å². The van der Waals surface area contributed by atoms with Gasteiger partial charge in [-0.3, -0.25) is 19.6 Å². The van der Waals surface area contributed by atoms with E-state index in [-0.39, 0.29) is 57.9 Å². The highest BCUT2D eigenvalue weighted by atomic mass is 19.1. The predicted octanol–water partition coefficient (Wildman–Crippen LogP) is 7.23. The quantitative estimate of drug-likeness (QED) is 0.104. The Labute approximate surface area is 402 Å². The van der Waals surface area contributed by atoms with E-state index in [4.69, 9.17) is 14.7 Å². The molecule has 4 fully saturated rings. The van der Waals surface area contributed by atoms with Gasteiger partial charge in [0.05, 0.1) is 10.9 Å². The van der Waals surface area contributed by atoms with Crippen LogP contribution >= 0.6 is 0 Å².